The first-order valence-corrected chi connectivity index (χ1v) is 9.02. The highest BCUT2D eigenvalue weighted by Gasteiger charge is 2.15. The van der Waals surface area contributed by atoms with E-state index >= 15 is 0 Å². The maximum absolute atomic E-state index is 13.8. The van der Waals surface area contributed by atoms with Gasteiger partial charge in [0.15, 0.2) is 0 Å². The molecule has 0 fully saturated rings. The van der Waals surface area contributed by atoms with Crippen LogP contribution in [0.3, 0.4) is 0 Å². The SMILES string of the molecule is Cc1cc(/C=C(/C#N)C(=O)Nc2ccccc2F)c(C)n1-c1ccc(C(=O)O)cc1. The van der Waals surface area contributed by atoms with Crippen LogP contribution in [0.1, 0.15) is 27.3 Å². The first-order chi connectivity index (χ1) is 14.3. The molecular weight excluding hydrogens is 385 g/mol. The number of carbonyl (C=O) groups excluding carboxylic acids is 1. The van der Waals surface area contributed by atoms with Gasteiger partial charge in [-0.15, -0.1) is 0 Å². The van der Waals surface area contributed by atoms with Crippen molar-refractivity contribution in [3.8, 4) is 11.8 Å². The van der Waals surface area contributed by atoms with Crippen LogP contribution in [0.2, 0.25) is 0 Å². The number of amides is 1. The summed E-state index contributed by atoms with van der Waals surface area (Å²) in [6.45, 7) is 3.69. The summed E-state index contributed by atoms with van der Waals surface area (Å²) in [6.07, 6.45) is 1.45. The van der Waals surface area contributed by atoms with Crippen molar-refractivity contribution in [1.29, 1.82) is 5.26 Å². The maximum atomic E-state index is 13.8. The number of carbonyl (C=O) groups is 2. The van der Waals surface area contributed by atoms with Crippen LogP contribution >= 0.6 is 0 Å². The highest BCUT2D eigenvalue weighted by molar-refractivity contribution is 6.09. The molecule has 0 atom stereocenters. The lowest BCUT2D eigenvalue weighted by Gasteiger charge is -2.10. The predicted octanol–water partition coefficient (Wildman–Crippen LogP) is 4.48. The number of hydrogen-bond donors (Lipinski definition) is 2. The van der Waals surface area contributed by atoms with Crippen molar-refractivity contribution in [1.82, 2.24) is 4.57 Å². The molecule has 2 aromatic carbocycles. The van der Waals surface area contributed by atoms with Gasteiger partial charge in [-0.3, -0.25) is 4.79 Å². The molecule has 0 unspecified atom stereocenters. The smallest absolute Gasteiger partial charge is 0.335 e. The molecule has 0 spiro atoms. The van der Waals surface area contributed by atoms with Crippen molar-refractivity contribution in [3.05, 3.63) is 88.5 Å². The minimum atomic E-state index is -1.01. The molecule has 1 amide bonds. The largest absolute Gasteiger partial charge is 0.478 e. The average Bonchev–Trinajstić information content (AvgIpc) is 3.00. The summed E-state index contributed by atoms with van der Waals surface area (Å²) >= 11 is 0. The quantitative estimate of drug-likeness (QED) is 0.485. The molecule has 1 heterocycles. The van der Waals surface area contributed by atoms with Gasteiger partial charge in [0.25, 0.3) is 5.91 Å². The molecule has 0 saturated heterocycles. The molecule has 3 aromatic rings. The maximum Gasteiger partial charge on any atom is 0.335 e. The topological polar surface area (TPSA) is 95.1 Å². The van der Waals surface area contributed by atoms with Crippen molar-refractivity contribution in [3.63, 3.8) is 0 Å². The van der Waals surface area contributed by atoms with Crippen LogP contribution in [0.15, 0.2) is 60.2 Å². The molecule has 3 rings (SSSR count). The van der Waals surface area contributed by atoms with Crippen molar-refractivity contribution in [2.75, 3.05) is 5.32 Å². The number of aromatic carboxylic acids is 1. The Morgan fingerprint density at radius 3 is 2.40 bits per heavy atom. The van der Waals surface area contributed by atoms with Crippen molar-refractivity contribution >= 4 is 23.6 Å². The fourth-order valence-corrected chi connectivity index (χ4v) is 3.14. The first-order valence-electron chi connectivity index (χ1n) is 9.02. The summed E-state index contributed by atoms with van der Waals surface area (Å²) in [5.74, 6) is -2.31. The van der Waals surface area contributed by atoms with Crippen LogP contribution in [0.4, 0.5) is 10.1 Å². The number of rotatable bonds is 5. The Kier molecular flexibility index (Phi) is 5.79. The molecule has 0 bridgehead atoms. The predicted molar refractivity (Wildman–Crippen MR) is 111 cm³/mol. The van der Waals surface area contributed by atoms with Gasteiger partial charge in [-0.05, 0) is 68.0 Å². The second-order valence-corrected chi connectivity index (χ2v) is 6.62. The molecule has 2 N–H and O–H groups in total. The molecule has 1 aromatic heterocycles. The summed E-state index contributed by atoms with van der Waals surface area (Å²) in [6, 6.07) is 15.8. The van der Waals surface area contributed by atoms with Crippen LogP contribution in [-0.4, -0.2) is 21.6 Å². The molecule has 30 heavy (non-hydrogen) atoms. The van der Waals surface area contributed by atoms with Gasteiger partial charge in [0, 0.05) is 17.1 Å². The van der Waals surface area contributed by atoms with Gasteiger partial charge in [0.05, 0.1) is 11.3 Å². The number of nitrogens with one attached hydrogen (secondary N) is 1. The van der Waals surface area contributed by atoms with E-state index in [0.717, 1.165) is 17.1 Å². The molecule has 7 heteroatoms. The lowest BCUT2D eigenvalue weighted by Crippen LogP contribution is -2.14. The van der Waals surface area contributed by atoms with E-state index in [4.69, 9.17) is 5.11 Å². The Balaban J connectivity index is 1.93. The van der Waals surface area contributed by atoms with Crippen LogP contribution in [0.25, 0.3) is 11.8 Å². The molecule has 0 aliphatic rings. The second kappa shape index (κ2) is 8.45. The van der Waals surface area contributed by atoms with Crippen LogP contribution < -0.4 is 5.32 Å². The molecule has 0 aliphatic heterocycles. The van der Waals surface area contributed by atoms with Gasteiger partial charge in [-0.1, -0.05) is 12.1 Å². The third-order valence-corrected chi connectivity index (χ3v) is 4.63. The van der Waals surface area contributed by atoms with Crippen molar-refractivity contribution in [2.24, 2.45) is 0 Å². The molecule has 0 radical (unpaired) electrons. The van der Waals surface area contributed by atoms with E-state index in [1.165, 1.54) is 36.4 Å². The molecule has 0 saturated carbocycles. The molecule has 0 aliphatic carbocycles. The summed E-state index contributed by atoms with van der Waals surface area (Å²) in [5, 5.41) is 20.9. The third-order valence-electron chi connectivity index (χ3n) is 4.63. The summed E-state index contributed by atoms with van der Waals surface area (Å²) in [4.78, 5) is 23.5. The van der Waals surface area contributed by atoms with Gasteiger partial charge in [-0.2, -0.15) is 5.26 Å². The highest BCUT2D eigenvalue weighted by atomic mass is 19.1. The average molecular weight is 403 g/mol. The fourth-order valence-electron chi connectivity index (χ4n) is 3.14. The minimum Gasteiger partial charge on any atom is -0.478 e. The number of hydrogen-bond acceptors (Lipinski definition) is 3. The number of aryl methyl sites for hydroxylation is 1. The third kappa shape index (κ3) is 4.13. The Labute approximate surface area is 172 Å². The van der Waals surface area contributed by atoms with Crippen molar-refractivity contribution < 1.29 is 19.1 Å². The zero-order valence-corrected chi connectivity index (χ0v) is 16.3. The Bertz CT molecular complexity index is 1200. The summed E-state index contributed by atoms with van der Waals surface area (Å²) in [7, 11) is 0. The normalized spacial score (nSPS) is 11.1. The van der Waals surface area contributed by atoms with Crippen LogP contribution in [-0.2, 0) is 4.79 Å². The number of carboxylic acids is 1. The van der Waals surface area contributed by atoms with Gasteiger partial charge in [0.1, 0.15) is 17.5 Å². The van der Waals surface area contributed by atoms with Gasteiger partial charge >= 0.3 is 5.97 Å². The van der Waals surface area contributed by atoms with E-state index in [1.54, 1.807) is 18.2 Å². The summed E-state index contributed by atoms with van der Waals surface area (Å²) < 4.78 is 15.7. The van der Waals surface area contributed by atoms with Crippen molar-refractivity contribution in [2.45, 2.75) is 13.8 Å². The van der Waals surface area contributed by atoms with E-state index in [2.05, 4.69) is 5.32 Å². The Morgan fingerprint density at radius 2 is 1.80 bits per heavy atom. The number of aromatic nitrogens is 1. The number of benzene rings is 2. The lowest BCUT2D eigenvalue weighted by molar-refractivity contribution is -0.112. The fraction of sp³-hybridized carbons (Fsp3) is 0.0870. The van der Waals surface area contributed by atoms with E-state index in [-0.39, 0.29) is 16.8 Å². The Morgan fingerprint density at radius 1 is 1.13 bits per heavy atom. The van der Waals surface area contributed by atoms with Gasteiger partial charge < -0.3 is 15.0 Å². The van der Waals surface area contributed by atoms with Gasteiger partial charge in [-0.25, -0.2) is 9.18 Å². The zero-order valence-electron chi connectivity index (χ0n) is 16.3. The van der Waals surface area contributed by atoms with E-state index in [1.807, 2.05) is 30.6 Å². The Hall–Kier alpha value is -4.18. The summed E-state index contributed by atoms with van der Waals surface area (Å²) in [5.41, 5.74) is 3.01. The highest BCUT2D eigenvalue weighted by Crippen LogP contribution is 2.24. The monoisotopic (exact) mass is 403 g/mol. The van der Waals surface area contributed by atoms with E-state index in [0.29, 0.717) is 5.56 Å². The van der Waals surface area contributed by atoms with E-state index in [9.17, 15) is 19.2 Å². The van der Waals surface area contributed by atoms with Crippen LogP contribution in [0.5, 0.6) is 0 Å². The number of anilines is 1. The first kappa shape index (κ1) is 20.6. The standard InChI is InChI=1S/C23H18FN3O3/c1-14-11-17(15(2)27(14)19-9-7-16(8-10-19)23(29)30)12-18(13-25)22(28)26-21-6-4-3-5-20(21)24/h3-12H,1-2H3,(H,26,28)(H,29,30)/b18-12-. The zero-order chi connectivity index (χ0) is 21.8. The second-order valence-electron chi connectivity index (χ2n) is 6.62. The molecule has 6 nitrogen and oxygen atoms in total. The van der Waals surface area contributed by atoms with Gasteiger partial charge in [0.2, 0.25) is 0 Å². The van der Waals surface area contributed by atoms with Crippen LogP contribution in [0, 0.1) is 31.0 Å². The number of nitrogens with zero attached hydrogens (tertiary/aromatic N) is 2. The number of para-hydroxylation sites is 1. The minimum absolute atomic E-state index is 0.00681. The number of nitriles is 1. The molecular formula is C23H18FN3O3. The number of halogens is 1. The molecule has 150 valence electrons. The van der Waals surface area contributed by atoms with E-state index < -0.39 is 17.7 Å². The number of carboxylic acid groups (broad SMARTS) is 1. The lowest BCUT2D eigenvalue weighted by atomic mass is 10.1.